The van der Waals surface area contributed by atoms with Crippen molar-refractivity contribution in [3.05, 3.63) is 10.6 Å². The molecule has 0 aromatic rings. The monoisotopic (exact) mass is 219 g/mol. The van der Waals surface area contributed by atoms with Crippen LogP contribution in [0.15, 0.2) is 10.6 Å². The Kier molecular flexibility index (Phi) is 5.20. The molecule has 0 aliphatic heterocycles. The molecule has 0 saturated heterocycles. The number of carbonyl (C=O) groups excluding carboxylic acids is 1. The summed E-state index contributed by atoms with van der Waals surface area (Å²) in [5.74, 6) is 0.0671. The van der Waals surface area contributed by atoms with Gasteiger partial charge in [-0.2, -0.15) is 0 Å². The minimum absolute atomic E-state index is 0.0671. The van der Waals surface area contributed by atoms with Crippen LogP contribution in [0.3, 0.4) is 0 Å². The van der Waals surface area contributed by atoms with Gasteiger partial charge >= 0.3 is 0 Å². The maximum absolute atomic E-state index is 11.3. The van der Waals surface area contributed by atoms with Gasteiger partial charge in [0.15, 0.2) is 0 Å². The average molecular weight is 220 g/mol. The molecule has 0 saturated carbocycles. The lowest BCUT2D eigenvalue weighted by atomic mass is 10.4. The largest absolute Gasteiger partial charge is 0.339 e. The van der Waals surface area contributed by atoms with E-state index in [2.05, 4.69) is 15.9 Å². The van der Waals surface area contributed by atoms with E-state index < -0.39 is 0 Å². The number of allylic oxidation sites excluding steroid dienone is 1. The first-order chi connectivity index (χ1) is 5.17. The molecular formula is C8H14BrNO. The fourth-order valence-electron chi connectivity index (χ4n) is 0.785. The molecule has 3 heteroatoms. The van der Waals surface area contributed by atoms with Crippen LogP contribution in [-0.4, -0.2) is 23.9 Å². The number of halogens is 1. The van der Waals surface area contributed by atoms with Gasteiger partial charge < -0.3 is 4.90 Å². The van der Waals surface area contributed by atoms with Crippen molar-refractivity contribution >= 4 is 21.8 Å². The highest BCUT2D eigenvalue weighted by molar-refractivity contribution is 9.12. The van der Waals surface area contributed by atoms with Gasteiger partial charge in [-0.05, 0) is 36.7 Å². The zero-order valence-electron chi connectivity index (χ0n) is 7.22. The summed E-state index contributed by atoms with van der Waals surface area (Å²) in [4.78, 5) is 13.1. The van der Waals surface area contributed by atoms with Crippen LogP contribution in [0.5, 0.6) is 0 Å². The number of nitrogens with zero attached hydrogens (tertiary/aromatic N) is 1. The first kappa shape index (κ1) is 10.7. The van der Waals surface area contributed by atoms with Gasteiger partial charge in [0.2, 0.25) is 0 Å². The smallest absolute Gasteiger partial charge is 0.260 e. The molecule has 0 atom stereocenters. The fourth-order valence-corrected chi connectivity index (χ4v) is 1.04. The lowest BCUT2D eigenvalue weighted by molar-refractivity contribution is -0.125. The van der Waals surface area contributed by atoms with E-state index in [0.717, 1.165) is 13.1 Å². The van der Waals surface area contributed by atoms with Crippen LogP contribution in [0.25, 0.3) is 0 Å². The van der Waals surface area contributed by atoms with E-state index in [1.165, 1.54) is 0 Å². The minimum Gasteiger partial charge on any atom is -0.339 e. The van der Waals surface area contributed by atoms with Crippen LogP contribution in [0.4, 0.5) is 0 Å². The maximum Gasteiger partial charge on any atom is 0.260 e. The molecule has 0 unspecified atom stereocenters. The minimum atomic E-state index is 0.0671. The molecular weight excluding hydrogens is 206 g/mol. The summed E-state index contributed by atoms with van der Waals surface area (Å²) in [5.41, 5.74) is 0. The lowest BCUT2D eigenvalue weighted by Gasteiger charge is -2.17. The van der Waals surface area contributed by atoms with Crippen LogP contribution in [0.1, 0.15) is 20.8 Å². The van der Waals surface area contributed by atoms with Crippen molar-refractivity contribution in [3.8, 4) is 0 Å². The van der Waals surface area contributed by atoms with Crippen molar-refractivity contribution in [2.45, 2.75) is 20.8 Å². The second-order valence-corrected chi connectivity index (χ2v) is 2.97. The zero-order chi connectivity index (χ0) is 8.85. The quantitative estimate of drug-likeness (QED) is 0.667. The Labute approximate surface area is 76.4 Å². The summed E-state index contributed by atoms with van der Waals surface area (Å²) in [5, 5.41) is 0. The Morgan fingerprint density at radius 1 is 1.45 bits per heavy atom. The van der Waals surface area contributed by atoms with Gasteiger partial charge in [0.25, 0.3) is 5.91 Å². The van der Waals surface area contributed by atoms with Gasteiger partial charge in [-0.1, -0.05) is 6.08 Å². The molecule has 0 heterocycles. The highest BCUT2D eigenvalue weighted by atomic mass is 79.9. The van der Waals surface area contributed by atoms with Gasteiger partial charge in [0.05, 0.1) is 4.48 Å². The predicted molar refractivity (Wildman–Crippen MR) is 50.6 cm³/mol. The van der Waals surface area contributed by atoms with E-state index in [4.69, 9.17) is 0 Å². The second kappa shape index (κ2) is 5.35. The van der Waals surface area contributed by atoms with Crippen molar-refractivity contribution in [1.82, 2.24) is 4.90 Å². The number of hydrogen-bond donors (Lipinski definition) is 0. The molecule has 0 N–H and O–H groups in total. The van der Waals surface area contributed by atoms with Crippen molar-refractivity contribution < 1.29 is 4.79 Å². The molecule has 64 valence electrons. The maximum atomic E-state index is 11.3. The van der Waals surface area contributed by atoms with E-state index in [9.17, 15) is 4.79 Å². The van der Waals surface area contributed by atoms with Crippen LogP contribution >= 0.6 is 15.9 Å². The summed E-state index contributed by atoms with van der Waals surface area (Å²) in [6, 6.07) is 0. The molecule has 0 aliphatic carbocycles. The van der Waals surface area contributed by atoms with Crippen LogP contribution in [-0.2, 0) is 4.79 Å². The zero-order valence-corrected chi connectivity index (χ0v) is 8.81. The first-order valence-corrected chi connectivity index (χ1v) is 4.57. The summed E-state index contributed by atoms with van der Waals surface area (Å²) < 4.78 is 0.640. The Hall–Kier alpha value is -0.310. The molecule has 0 aromatic heterocycles. The first-order valence-electron chi connectivity index (χ1n) is 3.78. The highest BCUT2D eigenvalue weighted by Crippen LogP contribution is 2.08. The third-order valence-electron chi connectivity index (χ3n) is 1.51. The van der Waals surface area contributed by atoms with Gasteiger partial charge in [-0.3, -0.25) is 4.79 Å². The van der Waals surface area contributed by atoms with Crippen molar-refractivity contribution in [3.63, 3.8) is 0 Å². The summed E-state index contributed by atoms with van der Waals surface area (Å²) in [6.07, 6.45) is 1.76. The molecule has 2 nitrogen and oxygen atoms in total. The average Bonchev–Trinajstić information content (AvgIpc) is 2.05. The number of amides is 1. The van der Waals surface area contributed by atoms with E-state index in [1.54, 1.807) is 11.0 Å². The molecule has 0 rings (SSSR count). The molecule has 1 amide bonds. The Balaban J connectivity index is 4.21. The normalized spacial score (nSPS) is 11.5. The molecule has 0 fully saturated rings. The van der Waals surface area contributed by atoms with Crippen LogP contribution in [0.2, 0.25) is 0 Å². The molecule has 0 aromatic carbocycles. The Morgan fingerprint density at radius 3 is 2.18 bits per heavy atom. The Morgan fingerprint density at radius 2 is 1.91 bits per heavy atom. The highest BCUT2D eigenvalue weighted by Gasteiger charge is 2.10. The van der Waals surface area contributed by atoms with Gasteiger partial charge in [-0.25, -0.2) is 0 Å². The third kappa shape index (κ3) is 3.06. The van der Waals surface area contributed by atoms with Gasteiger partial charge in [0, 0.05) is 13.1 Å². The summed E-state index contributed by atoms with van der Waals surface area (Å²) in [6.45, 7) is 7.30. The molecule has 0 bridgehead atoms. The van der Waals surface area contributed by atoms with E-state index in [1.807, 2.05) is 20.8 Å². The van der Waals surface area contributed by atoms with Gasteiger partial charge in [-0.15, -0.1) is 0 Å². The SMILES string of the molecule is C/C=C(\Br)C(=O)N(CC)CC. The molecule has 0 radical (unpaired) electrons. The Bertz CT molecular complexity index is 161. The third-order valence-corrected chi connectivity index (χ3v) is 2.31. The standard InChI is InChI=1S/C8H14BrNO/c1-4-7(9)8(11)10(5-2)6-3/h4H,5-6H2,1-3H3/b7-4-. The second-order valence-electron chi connectivity index (χ2n) is 2.11. The predicted octanol–water partition coefficient (Wildman–Crippen LogP) is 2.15. The number of likely N-dealkylation sites (N-methyl/N-ethyl adjacent to an activating group) is 1. The number of hydrogen-bond acceptors (Lipinski definition) is 1. The summed E-state index contributed by atoms with van der Waals surface area (Å²) in [7, 11) is 0. The van der Waals surface area contributed by atoms with Crippen LogP contribution in [0, 0.1) is 0 Å². The fraction of sp³-hybridized carbons (Fsp3) is 0.625. The van der Waals surface area contributed by atoms with E-state index >= 15 is 0 Å². The topological polar surface area (TPSA) is 20.3 Å². The molecule has 11 heavy (non-hydrogen) atoms. The number of carbonyl (C=O) groups is 1. The van der Waals surface area contributed by atoms with Crippen molar-refractivity contribution in [2.24, 2.45) is 0 Å². The number of rotatable bonds is 3. The lowest BCUT2D eigenvalue weighted by Crippen LogP contribution is -2.30. The summed E-state index contributed by atoms with van der Waals surface area (Å²) >= 11 is 3.19. The van der Waals surface area contributed by atoms with Gasteiger partial charge in [0.1, 0.15) is 0 Å². The van der Waals surface area contributed by atoms with Crippen LogP contribution < -0.4 is 0 Å². The van der Waals surface area contributed by atoms with Crippen molar-refractivity contribution in [1.29, 1.82) is 0 Å². The molecule has 0 aliphatic rings. The molecule has 0 spiro atoms. The van der Waals surface area contributed by atoms with E-state index in [0.29, 0.717) is 4.48 Å². The van der Waals surface area contributed by atoms with E-state index in [-0.39, 0.29) is 5.91 Å². The van der Waals surface area contributed by atoms with Crippen molar-refractivity contribution in [2.75, 3.05) is 13.1 Å².